The Morgan fingerprint density at radius 2 is 1.93 bits per heavy atom. The van der Waals surface area contributed by atoms with E-state index in [1.54, 1.807) is 0 Å². The van der Waals surface area contributed by atoms with Crippen LogP contribution in [0.3, 0.4) is 0 Å². The molecule has 1 aliphatic carbocycles. The van der Waals surface area contributed by atoms with E-state index in [2.05, 4.69) is 36.5 Å². The van der Waals surface area contributed by atoms with Crippen molar-refractivity contribution >= 4 is 0 Å². The number of hydrogen-bond donors (Lipinski definition) is 1. The van der Waals surface area contributed by atoms with Crippen LogP contribution >= 0.6 is 0 Å². The average Bonchev–Trinajstić information content (AvgIpc) is 3.02. The van der Waals surface area contributed by atoms with Gasteiger partial charge in [0.1, 0.15) is 5.75 Å². The van der Waals surface area contributed by atoms with Crippen molar-refractivity contribution in [2.45, 2.75) is 31.9 Å². The molecule has 2 rings (SSSR count). The summed E-state index contributed by atoms with van der Waals surface area (Å²) in [7, 11) is 1.97. The first-order valence-electron chi connectivity index (χ1n) is 5.23. The van der Waals surface area contributed by atoms with Gasteiger partial charge in [-0.15, -0.1) is 0 Å². The van der Waals surface area contributed by atoms with Gasteiger partial charge in [0.2, 0.25) is 0 Å². The molecule has 1 unspecified atom stereocenters. The maximum absolute atomic E-state index is 5.67. The third-order valence-corrected chi connectivity index (χ3v) is 2.64. The fourth-order valence-electron chi connectivity index (χ4n) is 1.38. The molecule has 0 aromatic heterocycles. The molecule has 2 heteroatoms. The summed E-state index contributed by atoms with van der Waals surface area (Å²) in [5, 5.41) is 3.21. The summed E-state index contributed by atoms with van der Waals surface area (Å²) in [4.78, 5) is 0. The van der Waals surface area contributed by atoms with Gasteiger partial charge in [-0.3, -0.25) is 0 Å². The van der Waals surface area contributed by atoms with Crippen LogP contribution in [-0.4, -0.2) is 13.2 Å². The molecule has 1 aromatic carbocycles. The Hall–Kier alpha value is -1.02. The molecule has 76 valence electrons. The summed E-state index contributed by atoms with van der Waals surface area (Å²) >= 11 is 0. The molecule has 0 radical (unpaired) electrons. The fraction of sp³-hybridized carbons (Fsp3) is 0.500. The minimum atomic E-state index is 0.407. The van der Waals surface area contributed by atoms with E-state index in [0.29, 0.717) is 12.1 Å². The highest BCUT2D eigenvalue weighted by Crippen LogP contribution is 2.27. The zero-order valence-corrected chi connectivity index (χ0v) is 8.79. The van der Waals surface area contributed by atoms with E-state index in [0.717, 1.165) is 5.75 Å². The lowest BCUT2D eigenvalue weighted by Crippen LogP contribution is -2.11. The summed E-state index contributed by atoms with van der Waals surface area (Å²) in [6.07, 6.45) is 2.92. The quantitative estimate of drug-likeness (QED) is 0.789. The zero-order valence-electron chi connectivity index (χ0n) is 8.79. The Balaban J connectivity index is 2.01. The van der Waals surface area contributed by atoms with Gasteiger partial charge < -0.3 is 10.1 Å². The van der Waals surface area contributed by atoms with Crippen LogP contribution in [0, 0.1) is 0 Å². The zero-order chi connectivity index (χ0) is 9.97. The van der Waals surface area contributed by atoms with Crippen LogP contribution < -0.4 is 10.1 Å². The minimum Gasteiger partial charge on any atom is -0.490 e. The maximum Gasteiger partial charge on any atom is 0.119 e. The maximum atomic E-state index is 5.67. The Bertz CT molecular complexity index is 290. The fourth-order valence-corrected chi connectivity index (χ4v) is 1.38. The highest BCUT2D eigenvalue weighted by atomic mass is 16.5. The summed E-state index contributed by atoms with van der Waals surface area (Å²) in [6.45, 7) is 2.15. The molecule has 0 spiro atoms. The van der Waals surface area contributed by atoms with Crippen molar-refractivity contribution in [1.82, 2.24) is 5.32 Å². The van der Waals surface area contributed by atoms with Crippen LogP contribution in [0.15, 0.2) is 24.3 Å². The third kappa shape index (κ3) is 2.26. The van der Waals surface area contributed by atoms with Crippen molar-refractivity contribution < 1.29 is 4.74 Å². The average molecular weight is 191 g/mol. The van der Waals surface area contributed by atoms with Crippen molar-refractivity contribution in [3.8, 4) is 5.75 Å². The molecule has 1 N–H and O–H groups in total. The smallest absolute Gasteiger partial charge is 0.119 e. The number of ether oxygens (including phenoxy) is 1. The van der Waals surface area contributed by atoms with E-state index in [4.69, 9.17) is 4.74 Å². The van der Waals surface area contributed by atoms with E-state index < -0.39 is 0 Å². The van der Waals surface area contributed by atoms with Gasteiger partial charge in [-0.05, 0) is 44.5 Å². The number of rotatable bonds is 4. The Labute approximate surface area is 85.3 Å². The molecule has 0 heterocycles. The summed E-state index contributed by atoms with van der Waals surface area (Å²) < 4.78 is 5.67. The van der Waals surface area contributed by atoms with Gasteiger partial charge in [0.25, 0.3) is 0 Å². The summed E-state index contributed by atoms with van der Waals surface area (Å²) in [6, 6.07) is 8.77. The first kappa shape index (κ1) is 9.53. The Morgan fingerprint density at radius 1 is 1.29 bits per heavy atom. The number of hydrogen-bond acceptors (Lipinski definition) is 2. The number of benzene rings is 1. The highest BCUT2D eigenvalue weighted by Gasteiger charge is 2.23. The van der Waals surface area contributed by atoms with Crippen molar-refractivity contribution in [3.63, 3.8) is 0 Å². The van der Waals surface area contributed by atoms with Crippen LogP contribution in [0.1, 0.15) is 31.4 Å². The summed E-state index contributed by atoms with van der Waals surface area (Å²) in [5.41, 5.74) is 1.30. The van der Waals surface area contributed by atoms with Crippen LogP contribution in [0.5, 0.6) is 5.75 Å². The highest BCUT2D eigenvalue weighted by molar-refractivity contribution is 5.29. The molecule has 1 aromatic rings. The van der Waals surface area contributed by atoms with E-state index in [-0.39, 0.29) is 0 Å². The van der Waals surface area contributed by atoms with Crippen LogP contribution in [0.2, 0.25) is 0 Å². The lowest BCUT2D eigenvalue weighted by atomic mass is 10.1. The van der Waals surface area contributed by atoms with Gasteiger partial charge in [0, 0.05) is 6.04 Å². The topological polar surface area (TPSA) is 21.3 Å². The molecule has 1 saturated carbocycles. The molecule has 1 fully saturated rings. The van der Waals surface area contributed by atoms with E-state index in [1.165, 1.54) is 18.4 Å². The minimum absolute atomic E-state index is 0.407. The van der Waals surface area contributed by atoms with E-state index >= 15 is 0 Å². The second-order valence-corrected chi connectivity index (χ2v) is 3.90. The Morgan fingerprint density at radius 3 is 2.43 bits per heavy atom. The molecule has 0 amide bonds. The summed E-state index contributed by atoms with van der Waals surface area (Å²) in [5.74, 6) is 1.000. The third-order valence-electron chi connectivity index (χ3n) is 2.64. The molecule has 0 saturated heterocycles. The lowest BCUT2D eigenvalue weighted by Gasteiger charge is -2.11. The molecular formula is C12H17NO. The van der Waals surface area contributed by atoms with Crippen molar-refractivity contribution in [2.24, 2.45) is 0 Å². The van der Waals surface area contributed by atoms with E-state index in [9.17, 15) is 0 Å². The first-order valence-corrected chi connectivity index (χ1v) is 5.23. The van der Waals surface area contributed by atoms with Crippen LogP contribution in [0.4, 0.5) is 0 Å². The molecule has 2 nitrogen and oxygen atoms in total. The van der Waals surface area contributed by atoms with Gasteiger partial charge in [-0.1, -0.05) is 12.1 Å². The largest absolute Gasteiger partial charge is 0.490 e. The van der Waals surface area contributed by atoms with Crippen LogP contribution in [0.25, 0.3) is 0 Å². The van der Waals surface area contributed by atoms with Crippen molar-refractivity contribution in [2.75, 3.05) is 7.05 Å². The lowest BCUT2D eigenvalue weighted by molar-refractivity contribution is 0.303. The SMILES string of the molecule is CNC(C)c1ccc(OC2CC2)cc1. The first-order chi connectivity index (χ1) is 6.79. The van der Waals surface area contributed by atoms with Gasteiger partial charge in [-0.25, -0.2) is 0 Å². The predicted molar refractivity (Wildman–Crippen MR) is 57.6 cm³/mol. The molecule has 0 aliphatic heterocycles. The molecule has 1 atom stereocenters. The van der Waals surface area contributed by atoms with Gasteiger partial charge in [0.05, 0.1) is 6.10 Å². The molecule has 14 heavy (non-hydrogen) atoms. The molecular weight excluding hydrogens is 174 g/mol. The predicted octanol–water partition coefficient (Wildman–Crippen LogP) is 2.51. The molecule has 1 aliphatic rings. The molecule has 0 bridgehead atoms. The standard InChI is InChI=1S/C12H17NO/c1-9(13-2)10-3-5-11(6-4-10)14-12-7-8-12/h3-6,9,12-13H,7-8H2,1-2H3. The van der Waals surface area contributed by atoms with Crippen molar-refractivity contribution in [3.05, 3.63) is 29.8 Å². The van der Waals surface area contributed by atoms with E-state index in [1.807, 2.05) is 7.05 Å². The monoisotopic (exact) mass is 191 g/mol. The second kappa shape index (κ2) is 4.01. The van der Waals surface area contributed by atoms with Crippen molar-refractivity contribution in [1.29, 1.82) is 0 Å². The Kier molecular flexibility index (Phi) is 2.73. The van der Waals surface area contributed by atoms with Gasteiger partial charge >= 0.3 is 0 Å². The normalized spacial score (nSPS) is 17.9. The van der Waals surface area contributed by atoms with Crippen LogP contribution in [-0.2, 0) is 0 Å². The van der Waals surface area contributed by atoms with Gasteiger partial charge in [-0.2, -0.15) is 0 Å². The number of nitrogens with one attached hydrogen (secondary N) is 1. The second-order valence-electron chi connectivity index (χ2n) is 3.90. The van der Waals surface area contributed by atoms with Gasteiger partial charge in [0.15, 0.2) is 0 Å².